The van der Waals surface area contributed by atoms with Crippen LogP contribution in [0.15, 0.2) is 47.8 Å². The van der Waals surface area contributed by atoms with Gasteiger partial charge < -0.3 is 5.32 Å². The Hall–Kier alpha value is -3.20. The second-order valence-electron chi connectivity index (χ2n) is 5.43. The molecule has 27 heavy (non-hydrogen) atoms. The van der Waals surface area contributed by atoms with Crippen LogP contribution >= 0.6 is 11.3 Å². The first kappa shape index (κ1) is 18.6. The number of carbonyl (C=O) groups is 2. The highest BCUT2D eigenvalue weighted by molar-refractivity contribution is 7.14. The maximum Gasteiger partial charge on any atom is 0.271 e. The lowest BCUT2D eigenvalue weighted by Gasteiger charge is -2.04. The number of nitrogens with one attached hydrogen (secondary N) is 2. The van der Waals surface area contributed by atoms with Gasteiger partial charge >= 0.3 is 0 Å². The van der Waals surface area contributed by atoms with E-state index in [4.69, 9.17) is 0 Å². The zero-order valence-corrected chi connectivity index (χ0v) is 14.4. The van der Waals surface area contributed by atoms with Crippen LogP contribution in [-0.2, 0) is 6.54 Å². The van der Waals surface area contributed by atoms with Gasteiger partial charge in [0, 0.05) is 17.5 Å². The van der Waals surface area contributed by atoms with Gasteiger partial charge in [-0.1, -0.05) is 12.1 Å². The number of thiazole rings is 1. The van der Waals surface area contributed by atoms with Gasteiger partial charge in [0.1, 0.15) is 11.5 Å². The van der Waals surface area contributed by atoms with E-state index in [-0.39, 0.29) is 28.8 Å². The Bertz CT molecular complexity index is 990. The summed E-state index contributed by atoms with van der Waals surface area (Å²) in [4.78, 5) is 28.1. The molecule has 2 N–H and O–H groups in total. The number of halogens is 3. The van der Waals surface area contributed by atoms with Crippen LogP contribution in [0, 0.1) is 17.5 Å². The number of nitrogens with zero attached hydrogens (tertiary/aromatic N) is 1. The quantitative estimate of drug-likeness (QED) is 0.696. The average Bonchev–Trinajstić information content (AvgIpc) is 3.11. The topological polar surface area (TPSA) is 71.1 Å². The van der Waals surface area contributed by atoms with E-state index in [0.717, 1.165) is 29.5 Å². The maximum atomic E-state index is 13.2. The standard InChI is InChI=1S/C18H12F3N3O2S/c19-12-4-1-10(2-5-12)8-22-17(26)15-9-27-18(23-15)24-16(25)11-3-6-13(20)14(21)7-11/h1-7,9H,8H2,(H,22,26)(H,23,24,25). The van der Waals surface area contributed by atoms with Crippen molar-refractivity contribution in [2.75, 3.05) is 5.32 Å². The van der Waals surface area contributed by atoms with Gasteiger partial charge in [-0.05, 0) is 35.9 Å². The van der Waals surface area contributed by atoms with E-state index < -0.39 is 23.4 Å². The normalized spacial score (nSPS) is 10.5. The fourth-order valence-electron chi connectivity index (χ4n) is 2.12. The van der Waals surface area contributed by atoms with Gasteiger partial charge in [-0.2, -0.15) is 0 Å². The molecule has 0 unspecified atom stereocenters. The third-order valence-corrected chi connectivity index (χ3v) is 4.26. The monoisotopic (exact) mass is 391 g/mol. The lowest BCUT2D eigenvalue weighted by Crippen LogP contribution is -2.23. The predicted octanol–water partition coefficient (Wildman–Crippen LogP) is 3.74. The van der Waals surface area contributed by atoms with Gasteiger partial charge in [-0.25, -0.2) is 18.2 Å². The fourth-order valence-corrected chi connectivity index (χ4v) is 2.80. The number of hydrogen-bond donors (Lipinski definition) is 2. The molecule has 0 atom stereocenters. The molecule has 9 heteroatoms. The fraction of sp³-hybridized carbons (Fsp3) is 0.0556. The molecule has 0 fully saturated rings. The Kier molecular flexibility index (Phi) is 5.51. The van der Waals surface area contributed by atoms with Crippen molar-refractivity contribution in [3.05, 3.63) is 82.1 Å². The van der Waals surface area contributed by atoms with Crippen molar-refractivity contribution in [1.82, 2.24) is 10.3 Å². The van der Waals surface area contributed by atoms with Crippen LogP contribution in [0.4, 0.5) is 18.3 Å². The van der Waals surface area contributed by atoms with Gasteiger partial charge in [-0.15, -0.1) is 11.3 Å². The van der Waals surface area contributed by atoms with Crippen molar-refractivity contribution >= 4 is 28.3 Å². The minimum absolute atomic E-state index is 0.0774. The second kappa shape index (κ2) is 8.00. The van der Waals surface area contributed by atoms with Crippen LogP contribution in [0.5, 0.6) is 0 Å². The predicted molar refractivity (Wildman–Crippen MR) is 94.0 cm³/mol. The van der Waals surface area contributed by atoms with E-state index in [9.17, 15) is 22.8 Å². The van der Waals surface area contributed by atoms with E-state index in [0.29, 0.717) is 5.56 Å². The summed E-state index contributed by atoms with van der Waals surface area (Å²) in [5.74, 6) is -3.71. The minimum Gasteiger partial charge on any atom is -0.347 e. The summed E-state index contributed by atoms with van der Waals surface area (Å²) in [7, 11) is 0. The van der Waals surface area contributed by atoms with Crippen molar-refractivity contribution in [3.8, 4) is 0 Å². The smallest absolute Gasteiger partial charge is 0.271 e. The highest BCUT2D eigenvalue weighted by Gasteiger charge is 2.14. The van der Waals surface area contributed by atoms with E-state index in [1.807, 2.05) is 0 Å². The molecule has 0 aliphatic rings. The zero-order chi connectivity index (χ0) is 19.4. The Morgan fingerprint density at radius 1 is 0.963 bits per heavy atom. The Balaban J connectivity index is 1.60. The van der Waals surface area contributed by atoms with Gasteiger partial charge in [-0.3, -0.25) is 14.9 Å². The van der Waals surface area contributed by atoms with Crippen molar-refractivity contribution in [2.24, 2.45) is 0 Å². The van der Waals surface area contributed by atoms with Crippen LogP contribution < -0.4 is 10.6 Å². The van der Waals surface area contributed by atoms with Crippen molar-refractivity contribution in [3.63, 3.8) is 0 Å². The number of rotatable bonds is 5. The summed E-state index contributed by atoms with van der Waals surface area (Å²) >= 11 is 1.01. The van der Waals surface area contributed by atoms with Crippen LogP contribution in [0.25, 0.3) is 0 Å². The van der Waals surface area contributed by atoms with E-state index in [2.05, 4.69) is 15.6 Å². The molecule has 0 aliphatic carbocycles. The first-order valence-corrected chi connectivity index (χ1v) is 8.55. The number of aromatic nitrogens is 1. The Labute approximate surface area is 155 Å². The van der Waals surface area contributed by atoms with Gasteiger partial charge in [0.15, 0.2) is 16.8 Å². The largest absolute Gasteiger partial charge is 0.347 e. The molecule has 2 aromatic carbocycles. The van der Waals surface area contributed by atoms with Crippen molar-refractivity contribution < 1.29 is 22.8 Å². The number of anilines is 1. The summed E-state index contributed by atoms with van der Waals surface area (Å²) in [6.07, 6.45) is 0. The Morgan fingerprint density at radius 2 is 1.70 bits per heavy atom. The van der Waals surface area contributed by atoms with Crippen LogP contribution in [0.2, 0.25) is 0 Å². The van der Waals surface area contributed by atoms with Crippen LogP contribution in [0.1, 0.15) is 26.4 Å². The third-order valence-electron chi connectivity index (χ3n) is 3.51. The zero-order valence-electron chi connectivity index (χ0n) is 13.6. The van der Waals surface area contributed by atoms with Crippen LogP contribution in [0.3, 0.4) is 0 Å². The van der Waals surface area contributed by atoms with E-state index in [1.165, 1.54) is 17.5 Å². The number of amides is 2. The minimum atomic E-state index is -1.14. The molecule has 2 amide bonds. The summed E-state index contributed by atoms with van der Waals surface area (Å²) in [5, 5.41) is 6.62. The second-order valence-corrected chi connectivity index (χ2v) is 6.29. The molecule has 5 nitrogen and oxygen atoms in total. The summed E-state index contributed by atoms with van der Waals surface area (Å²) in [5.41, 5.74) is 0.723. The molecule has 0 saturated carbocycles. The van der Waals surface area contributed by atoms with Crippen molar-refractivity contribution in [2.45, 2.75) is 6.54 Å². The SMILES string of the molecule is O=C(Nc1nc(C(=O)NCc2ccc(F)cc2)cs1)c1ccc(F)c(F)c1. The lowest BCUT2D eigenvalue weighted by atomic mass is 10.2. The maximum absolute atomic E-state index is 13.2. The summed E-state index contributed by atoms with van der Waals surface area (Å²) in [6.45, 7) is 0.188. The highest BCUT2D eigenvalue weighted by Crippen LogP contribution is 2.17. The number of hydrogen-bond acceptors (Lipinski definition) is 4. The molecule has 0 radical (unpaired) electrons. The van der Waals surface area contributed by atoms with Gasteiger partial charge in [0.05, 0.1) is 0 Å². The molecule has 138 valence electrons. The molecule has 1 aromatic heterocycles. The first-order chi connectivity index (χ1) is 12.9. The molecular formula is C18H12F3N3O2S. The third kappa shape index (κ3) is 4.70. The molecule has 0 aliphatic heterocycles. The summed E-state index contributed by atoms with van der Waals surface area (Å²) in [6, 6.07) is 8.42. The average molecular weight is 391 g/mol. The number of benzene rings is 2. The molecule has 0 bridgehead atoms. The van der Waals surface area contributed by atoms with Crippen molar-refractivity contribution in [1.29, 1.82) is 0 Å². The Morgan fingerprint density at radius 3 is 2.41 bits per heavy atom. The van der Waals surface area contributed by atoms with E-state index in [1.54, 1.807) is 12.1 Å². The van der Waals surface area contributed by atoms with Crippen LogP contribution in [-0.4, -0.2) is 16.8 Å². The summed E-state index contributed by atoms with van der Waals surface area (Å²) < 4.78 is 39.0. The van der Waals surface area contributed by atoms with E-state index >= 15 is 0 Å². The molecule has 0 saturated heterocycles. The molecule has 1 heterocycles. The lowest BCUT2D eigenvalue weighted by molar-refractivity contribution is 0.0945. The molecular weight excluding hydrogens is 379 g/mol. The molecule has 3 rings (SSSR count). The number of carbonyl (C=O) groups excluding carboxylic acids is 2. The van der Waals surface area contributed by atoms with Gasteiger partial charge in [0.25, 0.3) is 11.8 Å². The first-order valence-electron chi connectivity index (χ1n) is 7.67. The van der Waals surface area contributed by atoms with Gasteiger partial charge in [0.2, 0.25) is 0 Å². The molecule has 3 aromatic rings. The molecule has 0 spiro atoms. The highest BCUT2D eigenvalue weighted by atomic mass is 32.1.